The Morgan fingerprint density at radius 2 is 1.70 bits per heavy atom. The van der Waals surface area contributed by atoms with Gasteiger partial charge in [-0.25, -0.2) is 15.0 Å². The van der Waals surface area contributed by atoms with Crippen molar-refractivity contribution in [3.63, 3.8) is 0 Å². The summed E-state index contributed by atoms with van der Waals surface area (Å²) in [7, 11) is 1.56. The molecule has 5 heterocycles. The van der Waals surface area contributed by atoms with Crippen LogP contribution < -0.4 is 16.0 Å². The van der Waals surface area contributed by atoms with Crippen LogP contribution in [0.5, 0.6) is 0 Å². The van der Waals surface area contributed by atoms with Crippen LogP contribution in [0.3, 0.4) is 0 Å². The molecule has 0 amide bonds. The molecular weight excluding hydrogens is 406 g/mol. The number of aromatic nitrogens is 5. The van der Waals surface area contributed by atoms with Crippen LogP contribution in [0.15, 0.2) is 34.2 Å². The first kappa shape index (κ1) is 18.8. The molecule has 9 nitrogen and oxygen atoms in total. The molecular formula is C20H18ClN7O2. The summed E-state index contributed by atoms with van der Waals surface area (Å²) in [5.41, 5.74) is 0.282. The van der Waals surface area contributed by atoms with Gasteiger partial charge in [-0.15, -0.1) is 0 Å². The zero-order chi connectivity index (χ0) is 21.0. The second-order valence-corrected chi connectivity index (χ2v) is 8.27. The van der Waals surface area contributed by atoms with Crippen molar-refractivity contribution in [3.05, 3.63) is 56.0 Å². The topological polar surface area (TPSA) is 110 Å². The van der Waals surface area contributed by atoms with Crippen LogP contribution in [0, 0.1) is 11.3 Å². The molecule has 152 valence electrons. The highest BCUT2D eigenvalue weighted by atomic mass is 35.5. The Labute approximate surface area is 176 Å². The van der Waals surface area contributed by atoms with Gasteiger partial charge in [-0.05, 0) is 31.7 Å². The van der Waals surface area contributed by atoms with Gasteiger partial charge in [0.2, 0.25) is 5.95 Å². The predicted octanol–water partition coefficient (Wildman–Crippen LogP) is 1.78. The van der Waals surface area contributed by atoms with E-state index in [9.17, 15) is 9.59 Å². The van der Waals surface area contributed by atoms with E-state index in [0.717, 1.165) is 12.8 Å². The van der Waals surface area contributed by atoms with Gasteiger partial charge in [0.1, 0.15) is 6.07 Å². The molecule has 0 unspecified atom stereocenters. The number of pyridine rings is 1. The Kier molecular flexibility index (Phi) is 4.33. The van der Waals surface area contributed by atoms with Gasteiger partial charge >= 0.3 is 11.1 Å². The highest BCUT2D eigenvalue weighted by Crippen LogP contribution is 2.42. The normalized spacial score (nSPS) is 23.0. The number of anilines is 1. The molecule has 3 aromatic rings. The SMILES string of the molecule is Cn1c(=O)c(=O)n([C@@H]2C[C@H]3CC[C@@H](C2)N3c2ncc(C#N)cn2)c2ncc(Cl)cc21. The van der Waals surface area contributed by atoms with Crippen LogP contribution in [-0.2, 0) is 7.05 Å². The fourth-order valence-corrected chi connectivity index (χ4v) is 4.99. The first-order chi connectivity index (χ1) is 14.5. The van der Waals surface area contributed by atoms with Crippen LogP contribution >= 0.6 is 11.6 Å². The average molecular weight is 424 g/mol. The van der Waals surface area contributed by atoms with Crippen molar-refractivity contribution in [1.82, 2.24) is 24.1 Å². The summed E-state index contributed by atoms with van der Waals surface area (Å²) >= 11 is 6.08. The lowest BCUT2D eigenvalue weighted by Crippen LogP contribution is -2.49. The lowest BCUT2D eigenvalue weighted by Gasteiger charge is -2.39. The number of rotatable bonds is 2. The smallest absolute Gasteiger partial charge is 0.318 e. The van der Waals surface area contributed by atoms with Gasteiger partial charge in [-0.1, -0.05) is 11.6 Å². The minimum Gasteiger partial charge on any atom is -0.335 e. The van der Waals surface area contributed by atoms with E-state index < -0.39 is 11.1 Å². The monoisotopic (exact) mass is 423 g/mol. The third-order valence-electron chi connectivity index (χ3n) is 6.18. The number of fused-ring (bicyclic) bond motifs is 3. The average Bonchev–Trinajstić information content (AvgIpc) is 3.02. The number of piperidine rings is 1. The first-order valence-corrected chi connectivity index (χ1v) is 10.1. The molecule has 0 N–H and O–H groups in total. The number of aryl methyl sites for hydroxylation is 1. The van der Waals surface area contributed by atoms with Crippen molar-refractivity contribution >= 4 is 28.7 Å². The summed E-state index contributed by atoms with van der Waals surface area (Å²) in [5.74, 6) is 0.603. The molecule has 0 saturated carbocycles. The van der Waals surface area contributed by atoms with Gasteiger partial charge < -0.3 is 9.47 Å². The lowest BCUT2D eigenvalue weighted by atomic mass is 9.97. The molecule has 0 spiro atoms. The highest BCUT2D eigenvalue weighted by molar-refractivity contribution is 6.31. The molecule has 3 aromatic heterocycles. The van der Waals surface area contributed by atoms with Gasteiger partial charge in [0.25, 0.3) is 0 Å². The van der Waals surface area contributed by atoms with Crippen molar-refractivity contribution in [2.45, 2.75) is 43.8 Å². The van der Waals surface area contributed by atoms with Gasteiger partial charge in [-0.3, -0.25) is 14.2 Å². The minimum absolute atomic E-state index is 0.144. The van der Waals surface area contributed by atoms with E-state index in [4.69, 9.17) is 16.9 Å². The predicted molar refractivity (Wildman–Crippen MR) is 111 cm³/mol. The molecule has 2 aliphatic rings. The third kappa shape index (κ3) is 2.79. The van der Waals surface area contributed by atoms with E-state index in [1.165, 1.54) is 23.2 Å². The number of halogens is 1. The number of hydrogen-bond acceptors (Lipinski definition) is 7. The molecule has 0 radical (unpaired) electrons. The Balaban J connectivity index is 1.55. The van der Waals surface area contributed by atoms with Crippen LogP contribution in [-0.4, -0.2) is 36.2 Å². The molecule has 0 aliphatic carbocycles. The maximum Gasteiger partial charge on any atom is 0.318 e. The van der Waals surface area contributed by atoms with Crippen molar-refractivity contribution in [3.8, 4) is 6.07 Å². The van der Waals surface area contributed by atoms with Gasteiger partial charge in [-0.2, -0.15) is 5.26 Å². The first-order valence-electron chi connectivity index (χ1n) is 9.75. The fraction of sp³-hybridized carbons (Fsp3) is 0.400. The molecule has 5 rings (SSSR count). The summed E-state index contributed by atoms with van der Waals surface area (Å²) in [6, 6.07) is 3.86. The second kappa shape index (κ2) is 6.92. The molecule has 2 saturated heterocycles. The van der Waals surface area contributed by atoms with Gasteiger partial charge in [0.05, 0.1) is 28.5 Å². The van der Waals surface area contributed by atoms with Crippen LogP contribution in [0.4, 0.5) is 5.95 Å². The maximum atomic E-state index is 12.9. The summed E-state index contributed by atoms with van der Waals surface area (Å²) in [6.07, 6.45) is 7.85. The van der Waals surface area contributed by atoms with E-state index in [2.05, 4.69) is 19.9 Å². The number of nitrogens with zero attached hydrogens (tertiary/aromatic N) is 7. The Morgan fingerprint density at radius 1 is 1.03 bits per heavy atom. The summed E-state index contributed by atoms with van der Waals surface area (Å²) in [6.45, 7) is 0. The van der Waals surface area contributed by atoms with E-state index in [-0.39, 0.29) is 18.1 Å². The quantitative estimate of drug-likeness (QED) is 0.578. The van der Waals surface area contributed by atoms with Gasteiger partial charge in [0, 0.05) is 31.4 Å². The molecule has 2 fully saturated rings. The van der Waals surface area contributed by atoms with E-state index >= 15 is 0 Å². The summed E-state index contributed by atoms with van der Waals surface area (Å²) in [5, 5.41) is 9.38. The molecule has 30 heavy (non-hydrogen) atoms. The van der Waals surface area contributed by atoms with Gasteiger partial charge in [0.15, 0.2) is 5.65 Å². The Hall–Kier alpha value is -3.25. The van der Waals surface area contributed by atoms with Crippen molar-refractivity contribution < 1.29 is 0 Å². The van der Waals surface area contributed by atoms with Crippen molar-refractivity contribution in [2.75, 3.05) is 4.90 Å². The Bertz CT molecular complexity index is 1290. The van der Waals surface area contributed by atoms with E-state index in [1.807, 2.05) is 6.07 Å². The standard InChI is InChI=1S/C20H18ClN7O2/c1-26-16-4-12(21)10-23-17(16)28(19(30)18(26)29)15-5-13-2-3-14(6-15)27(13)20-24-8-11(7-22)9-25-20/h4,8-10,13-15H,2-3,5-6H2,1H3/t13-,14+,15-. The van der Waals surface area contributed by atoms with Crippen molar-refractivity contribution in [1.29, 1.82) is 5.26 Å². The van der Waals surface area contributed by atoms with Crippen molar-refractivity contribution in [2.24, 2.45) is 7.05 Å². The van der Waals surface area contributed by atoms with Crippen LogP contribution in [0.25, 0.3) is 11.2 Å². The summed E-state index contributed by atoms with van der Waals surface area (Å²) < 4.78 is 2.86. The fourth-order valence-electron chi connectivity index (χ4n) is 4.84. The zero-order valence-electron chi connectivity index (χ0n) is 16.2. The molecule has 0 aromatic carbocycles. The van der Waals surface area contributed by atoms with E-state index in [0.29, 0.717) is 40.5 Å². The maximum absolute atomic E-state index is 12.9. The highest BCUT2D eigenvalue weighted by Gasteiger charge is 2.43. The zero-order valence-corrected chi connectivity index (χ0v) is 17.0. The molecule has 2 bridgehead atoms. The molecule has 2 aliphatic heterocycles. The summed E-state index contributed by atoms with van der Waals surface area (Å²) in [4.78, 5) is 40.8. The minimum atomic E-state index is -0.586. The second-order valence-electron chi connectivity index (χ2n) is 7.84. The largest absolute Gasteiger partial charge is 0.335 e. The number of hydrogen-bond donors (Lipinski definition) is 0. The Morgan fingerprint density at radius 3 is 2.33 bits per heavy atom. The number of nitriles is 1. The third-order valence-corrected chi connectivity index (χ3v) is 6.39. The van der Waals surface area contributed by atoms with Crippen LogP contribution in [0.1, 0.15) is 37.3 Å². The van der Waals surface area contributed by atoms with Crippen LogP contribution in [0.2, 0.25) is 5.02 Å². The lowest BCUT2D eigenvalue weighted by molar-refractivity contribution is 0.330. The molecule has 3 atom stereocenters. The molecule has 10 heteroatoms. The van der Waals surface area contributed by atoms with E-state index in [1.54, 1.807) is 17.7 Å².